The van der Waals surface area contributed by atoms with Gasteiger partial charge >= 0.3 is 6.03 Å². The number of benzene rings is 1. The molecule has 4 amide bonds. The molecule has 1 aliphatic heterocycles. The highest BCUT2D eigenvalue weighted by atomic mass is 16.2. The fourth-order valence-electron chi connectivity index (χ4n) is 4.41. The van der Waals surface area contributed by atoms with Crippen LogP contribution in [0, 0.1) is 5.92 Å². The Hall–Kier alpha value is -3.23. The lowest BCUT2D eigenvalue weighted by Gasteiger charge is -2.36. The van der Waals surface area contributed by atoms with Crippen LogP contribution in [0.4, 0.5) is 4.79 Å². The summed E-state index contributed by atoms with van der Waals surface area (Å²) in [5.41, 5.74) is 0.918. The summed E-state index contributed by atoms with van der Waals surface area (Å²) in [5, 5.41) is 9.83. The molecule has 1 saturated carbocycles. The van der Waals surface area contributed by atoms with Gasteiger partial charge in [-0.3, -0.25) is 14.5 Å². The summed E-state index contributed by atoms with van der Waals surface area (Å²) in [6, 6.07) is 6.82. The Bertz CT molecular complexity index is 942. The largest absolute Gasteiger partial charge is 0.348 e. The van der Waals surface area contributed by atoms with Crippen LogP contribution in [0.2, 0.25) is 0 Å². The van der Waals surface area contributed by atoms with E-state index in [0.29, 0.717) is 6.42 Å². The maximum atomic E-state index is 13.0. The van der Waals surface area contributed by atoms with Crippen LogP contribution < -0.4 is 10.6 Å². The van der Waals surface area contributed by atoms with Gasteiger partial charge in [-0.2, -0.15) is 5.10 Å². The zero-order valence-corrected chi connectivity index (χ0v) is 17.2. The molecule has 2 fully saturated rings. The van der Waals surface area contributed by atoms with Gasteiger partial charge < -0.3 is 10.6 Å². The average molecular weight is 410 g/mol. The van der Waals surface area contributed by atoms with Crippen molar-refractivity contribution in [3.8, 4) is 5.69 Å². The minimum absolute atomic E-state index is 0.0678. The zero-order chi connectivity index (χ0) is 21.3. The highest BCUT2D eigenvalue weighted by molar-refractivity contribution is 6.09. The quantitative estimate of drug-likeness (QED) is 0.732. The van der Waals surface area contributed by atoms with E-state index in [1.54, 1.807) is 11.0 Å². The third-order valence-electron chi connectivity index (χ3n) is 6.26. The second kappa shape index (κ2) is 7.89. The Morgan fingerprint density at radius 3 is 2.73 bits per heavy atom. The Morgan fingerprint density at radius 2 is 2.07 bits per heavy atom. The summed E-state index contributed by atoms with van der Waals surface area (Å²) in [5.74, 6) is -0.579. The van der Waals surface area contributed by atoms with Crippen molar-refractivity contribution in [2.75, 3.05) is 6.54 Å². The number of amides is 4. The number of nitrogens with zero attached hydrogens (tertiary/aromatic N) is 4. The van der Waals surface area contributed by atoms with Gasteiger partial charge in [-0.05, 0) is 43.4 Å². The maximum absolute atomic E-state index is 13.0. The lowest BCUT2D eigenvalue weighted by Crippen LogP contribution is -2.54. The molecule has 1 aromatic heterocycles. The lowest BCUT2D eigenvalue weighted by atomic mass is 9.73. The third-order valence-corrected chi connectivity index (χ3v) is 6.26. The molecule has 9 nitrogen and oxygen atoms in total. The van der Waals surface area contributed by atoms with E-state index in [-0.39, 0.29) is 30.3 Å². The monoisotopic (exact) mass is 410 g/mol. The average Bonchev–Trinajstić information content (AvgIpc) is 3.34. The van der Waals surface area contributed by atoms with Crippen LogP contribution in [-0.2, 0) is 9.59 Å². The van der Waals surface area contributed by atoms with Gasteiger partial charge in [0.1, 0.15) is 24.7 Å². The molecule has 158 valence electrons. The topological polar surface area (TPSA) is 109 Å². The van der Waals surface area contributed by atoms with Crippen LogP contribution in [0.25, 0.3) is 5.69 Å². The van der Waals surface area contributed by atoms with Crippen LogP contribution in [0.15, 0.2) is 36.9 Å². The Morgan fingerprint density at radius 1 is 1.30 bits per heavy atom. The van der Waals surface area contributed by atoms with E-state index in [1.165, 1.54) is 6.33 Å². The fourth-order valence-corrected chi connectivity index (χ4v) is 4.41. The van der Waals surface area contributed by atoms with E-state index in [9.17, 15) is 14.4 Å². The molecule has 2 heterocycles. The first-order valence-electron chi connectivity index (χ1n) is 10.3. The van der Waals surface area contributed by atoms with E-state index in [4.69, 9.17) is 0 Å². The van der Waals surface area contributed by atoms with Gasteiger partial charge in [0, 0.05) is 0 Å². The standard InChI is InChI=1S/C21H26N6O3/c1-14-5-3-4-10-21(14)19(29)26(20(30)25-21)11-18(28)24-15(2)16-6-8-17(9-7-16)27-13-22-12-23-27/h6-9,12-15H,3-5,10-11H2,1-2H3,(H,24,28)(H,25,30)/t14-,15+,21+/m1/s1. The van der Waals surface area contributed by atoms with Crippen molar-refractivity contribution in [1.82, 2.24) is 30.3 Å². The van der Waals surface area contributed by atoms with Crippen molar-refractivity contribution in [3.63, 3.8) is 0 Å². The number of hydrogen-bond donors (Lipinski definition) is 2. The first-order valence-corrected chi connectivity index (χ1v) is 10.3. The van der Waals surface area contributed by atoms with E-state index in [2.05, 4.69) is 20.7 Å². The van der Waals surface area contributed by atoms with Crippen molar-refractivity contribution in [2.45, 2.75) is 51.1 Å². The molecule has 3 atom stereocenters. The predicted molar refractivity (Wildman–Crippen MR) is 109 cm³/mol. The minimum atomic E-state index is -0.849. The van der Waals surface area contributed by atoms with Gasteiger partial charge in [0.15, 0.2) is 0 Å². The molecule has 30 heavy (non-hydrogen) atoms. The highest BCUT2D eigenvalue weighted by Gasteiger charge is 2.55. The number of imide groups is 1. The number of aromatic nitrogens is 3. The number of nitrogens with one attached hydrogen (secondary N) is 2. The van der Waals surface area contributed by atoms with Crippen molar-refractivity contribution >= 4 is 17.8 Å². The first-order chi connectivity index (χ1) is 14.4. The Balaban J connectivity index is 1.38. The molecular weight excluding hydrogens is 384 g/mol. The molecular formula is C21H26N6O3. The summed E-state index contributed by atoms with van der Waals surface area (Å²) in [6.07, 6.45) is 6.56. The van der Waals surface area contributed by atoms with Gasteiger partial charge in [-0.1, -0.05) is 31.9 Å². The van der Waals surface area contributed by atoms with Crippen LogP contribution in [0.1, 0.15) is 51.1 Å². The molecule has 1 aromatic carbocycles. The van der Waals surface area contributed by atoms with Gasteiger partial charge in [0.2, 0.25) is 5.91 Å². The predicted octanol–water partition coefficient (Wildman–Crippen LogP) is 1.95. The van der Waals surface area contributed by atoms with Crippen LogP contribution in [-0.4, -0.2) is 49.6 Å². The molecule has 2 N–H and O–H groups in total. The molecule has 0 radical (unpaired) electrons. The number of urea groups is 1. The lowest BCUT2D eigenvalue weighted by molar-refractivity contribution is -0.137. The van der Waals surface area contributed by atoms with E-state index in [1.807, 2.05) is 38.1 Å². The second-order valence-electron chi connectivity index (χ2n) is 8.16. The molecule has 2 aromatic rings. The molecule has 9 heteroatoms. The van der Waals surface area contributed by atoms with Crippen LogP contribution in [0.3, 0.4) is 0 Å². The summed E-state index contributed by atoms with van der Waals surface area (Å²) in [6.45, 7) is 3.57. The number of rotatable bonds is 5. The maximum Gasteiger partial charge on any atom is 0.325 e. The van der Waals surface area contributed by atoms with E-state index < -0.39 is 11.6 Å². The summed E-state index contributed by atoms with van der Waals surface area (Å²) < 4.78 is 1.65. The molecule has 1 aliphatic carbocycles. The van der Waals surface area contributed by atoms with Crippen molar-refractivity contribution < 1.29 is 14.4 Å². The fraction of sp³-hybridized carbons (Fsp3) is 0.476. The van der Waals surface area contributed by atoms with Gasteiger partial charge in [-0.15, -0.1) is 0 Å². The zero-order valence-electron chi connectivity index (χ0n) is 17.2. The summed E-state index contributed by atoms with van der Waals surface area (Å²) >= 11 is 0. The van der Waals surface area contributed by atoms with Crippen molar-refractivity contribution in [2.24, 2.45) is 5.92 Å². The summed E-state index contributed by atoms with van der Waals surface area (Å²) in [4.78, 5) is 43.0. The van der Waals surface area contributed by atoms with Crippen LogP contribution in [0.5, 0.6) is 0 Å². The van der Waals surface area contributed by atoms with Crippen molar-refractivity contribution in [1.29, 1.82) is 0 Å². The second-order valence-corrected chi connectivity index (χ2v) is 8.16. The summed E-state index contributed by atoms with van der Waals surface area (Å²) in [7, 11) is 0. The molecule has 1 saturated heterocycles. The molecule has 2 aliphatic rings. The van der Waals surface area contributed by atoms with Gasteiger partial charge in [0.05, 0.1) is 11.7 Å². The molecule has 1 spiro atoms. The smallest absolute Gasteiger partial charge is 0.325 e. The van der Waals surface area contributed by atoms with E-state index in [0.717, 1.165) is 35.4 Å². The molecule has 4 rings (SSSR count). The number of carbonyl (C=O) groups excluding carboxylic acids is 3. The SMILES string of the molecule is C[C@H](NC(=O)CN1C(=O)N[C@]2(CCCC[C@H]2C)C1=O)c1ccc(-n2cncn2)cc1. The van der Waals surface area contributed by atoms with Crippen molar-refractivity contribution in [3.05, 3.63) is 42.5 Å². The molecule has 0 unspecified atom stereocenters. The highest BCUT2D eigenvalue weighted by Crippen LogP contribution is 2.38. The third kappa shape index (κ3) is 3.55. The van der Waals surface area contributed by atoms with Gasteiger partial charge in [-0.25, -0.2) is 14.5 Å². The minimum Gasteiger partial charge on any atom is -0.348 e. The molecule has 0 bridgehead atoms. The van der Waals surface area contributed by atoms with Gasteiger partial charge in [0.25, 0.3) is 5.91 Å². The van der Waals surface area contributed by atoms with Crippen LogP contribution >= 0.6 is 0 Å². The van der Waals surface area contributed by atoms with E-state index >= 15 is 0 Å². The Kier molecular flexibility index (Phi) is 5.27. The Labute approximate surface area is 174 Å². The number of carbonyl (C=O) groups is 3. The first kappa shape index (κ1) is 20.1. The normalized spacial score (nSPS) is 24.7. The number of hydrogen-bond acceptors (Lipinski definition) is 5.